The van der Waals surface area contributed by atoms with Crippen molar-refractivity contribution < 1.29 is 43.2 Å². The fourth-order valence-electron chi connectivity index (χ4n) is 9.36. The second kappa shape index (κ2) is 27.3. The van der Waals surface area contributed by atoms with Crippen LogP contribution in [0.2, 0.25) is 0 Å². The number of hydrogen-bond acceptors (Lipinski definition) is 14. The molecule has 87 heavy (non-hydrogen) atoms. The van der Waals surface area contributed by atoms with E-state index in [0.717, 1.165) is 32.1 Å². The molecule has 13 N–H and O–H groups in total. The molecular formula is C56H70N22O9. The van der Waals surface area contributed by atoms with Crippen molar-refractivity contribution in [1.29, 1.82) is 0 Å². The van der Waals surface area contributed by atoms with Crippen molar-refractivity contribution >= 4 is 93.2 Å². The normalized spacial score (nSPS) is 11.4. The van der Waals surface area contributed by atoms with Crippen molar-refractivity contribution in [3.63, 3.8) is 0 Å². The summed E-state index contributed by atoms with van der Waals surface area (Å²) in [6.07, 6.45) is 18.8. The van der Waals surface area contributed by atoms with E-state index in [1.54, 1.807) is 107 Å². The number of hydrogen-bond donors (Lipinski definition) is 11. The van der Waals surface area contributed by atoms with Crippen molar-refractivity contribution in [2.75, 3.05) is 56.9 Å². The molecule has 1 atom stereocenters. The van der Waals surface area contributed by atoms with E-state index in [-0.39, 0.29) is 76.4 Å². The first-order valence-electron chi connectivity index (χ1n) is 27.5. The zero-order valence-corrected chi connectivity index (χ0v) is 49.3. The fourth-order valence-corrected chi connectivity index (χ4v) is 9.36. The van der Waals surface area contributed by atoms with Gasteiger partial charge in [-0.1, -0.05) is 19.3 Å². The van der Waals surface area contributed by atoms with E-state index in [2.05, 4.69) is 62.8 Å². The number of nitrogens with zero attached hydrogens (tertiary/aromatic N) is 11. The number of carbonyl (C=O) groups is 9. The summed E-state index contributed by atoms with van der Waals surface area (Å²) < 4.78 is 12.1. The third-order valence-corrected chi connectivity index (χ3v) is 13.9. The zero-order valence-electron chi connectivity index (χ0n) is 49.3. The molecule has 31 heteroatoms. The molecule has 8 heterocycles. The number of nitrogens with one attached hydrogen (secondary N) is 9. The Balaban J connectivity index is 0.763. The molecule has 8 rings (SSSR count). The van der Waals surface area contributed by atoms with Crippen LogP contribution >= 0.6 is 0 Å². The van der Waals surface area contributed by atoms with Crippen LogP contribution in [0.15, 0.2) is 86.1 Å². The van der Waals surface area contributed by atoms with Crippen molar-refractivity contribution in [3.05, 3.63) is 132 Å². The highest BCUT2D eigenvalue weighted by atomic mass is 16.2. The van der Waals surface area contributed by atoms with Crippen LogP contribution in [-0.4, -0.2) is 130 Å². The quantitative estimate of drug-likeness (QED) is 0.0348. The summed E-state index contributed by atoms with van der Waals surface area (Å²) >= 11 is 0. The standard InChI is InChI=1S/C56H70N22O9/c1-71-19-18-59-45(71)55(86)65-35-23-39(73(3)28-35)51(82)64-34-22-42(76(6)27-34)53(84)69-43-30-77(7)46(67-43)54(85)61-17-14-37(58)48(79)62-32-21-41(75(5)25-32)52(83)70-44-31-78(8)47(68-44)56(87)66-36-24-40(74(4)29-36)50(81)63-33-20-38(72(2)26-33)49(80)60-16-13-11-9-10-12-15-57/h18-31,37H,9-17,57-58H2,1-8H3,(H,60,80)(H,61,85)(H,62,79)(H,63,81)(H,64,82)(H,65,86)(H,66,87)(H,69,84)(H,70,83)/t37-/m1/s1. The Morgan fingerprint density at radius 3 is 1.21 bits per heavy atom. The number of anilines is 7. The van der Waals surface area contributed by atoms with Crippen molar-refractivity contribution in [3.8, 4) is 0 Å². The number of nitrogens with two attached hydrogens (primary N) is 2. The van der Waals surface area contributed by atoms with Crippen molar-refractivity contribution in [2.24, 2.45) is 67.8 Å². The molecule has 0 fully saturated rings. The van der Waals surface area contributed by atoms with Crippen LogP contribution in [0, 0.1) is 0 Å². The predicted molar refractivity (Wildman–Crippen MR) is 322 cm³/mol. The van der Waals surface area contributed by atoms with Gasteiger partial charge in [-0.25, -0.2) is 15.0 Å². The minimum absolute atomic E-state index is 0.0109. The van der Waals surface area contributed by atoms with E-state index in [1.807, 2.05) is 0 Å². The highest BCUT2D eigenvalue weighted by Crippen LogP contribution is 2.22. The highest BCUT2D eigenvalue weighted by Gasteiger charge is 2.25. The van der Waals surface area contributed by atoms with Crippen LogP contribution in [0.25, 0.3) is 0 Å². The molecule has 0 aliphatic carbocycles. The van der Waals surface area contributed by atoms with E-state index in [0.29, 0.717) is 41.5 Å². The Labute approximate surface area is 498 Å². The average Bonchev–Trinajstić information content (AvgIpc) is 4.56. The summed E-state index contributed by atoms with van der Waals surface area (Å²) in [6, 6.07) is 6.38. The fraction of sp³-hybridized carbons (Fsp3) is 0.321. The molecule has 8 aromatic heterocycles. The molecule has 0 saturated carbocycles. The summed E-state index contributed by atoms with van der Waals surface area (Å²) in [6.45, 7) is 1.17. The van der Waals surface area contributed by atoms with Gasteiger partial charge in [-0.05, 0) is 56.1 Å². The lowest BCUT2D eigenvalue weighted by molar-refractivity contribution is -0.117. The van der Waals surface area contributed by atoms with Crippen LogP contribution < -0.4 is 59.3 Å². The number of aromatic nitrogens is 11. The van der Waals surface area contributed by atoms with Crippen LogP contribution in [0.4, 0.5) is 40.1 Å². The molecule has 0 radical (unpaired) electrons. The van der Waals surface area contributed by atoms with Crippen molar-refractivity contribution in [2.45, 2.75) is 44.6 Å². The van der Waals surface area contributed by atoms with Gasteiger partial charge < -0.3 is 95.9 Å². The van der Waals surface area contributed by atoms with Crippen LogP contribution in [-0.2, 0) is 61.2 Å². The lowest BCUT2D eigenvalue weighted by atomic mass is 10.1. The third-order valence-electron chi connectivity index (χ3n) is 13.9. The molecule has 0 spiro atoms. The zero-order chi connectivity index (χ0) is 62.8. The maximum atomic E-state index is 13.5. The number of carbonyl (C=O) groups excluding carboxylic acids is 9. The lowest BCUT2D eigenvalue weighted by Gasteiger charge is -2.12. The lowest BCUT2D eigenvalue weighted by Crippen LogP contribution is -2.39. The minimum atomic E-state index is -1.09. The minimum Gasteiger partial charge on any atom is -0.351 e. The Kier molecular flexibility index (Phi) is 19.5. The molecule has 9 amide bonds. The Morgan fingerprint density at radius 1 is 0.402 bits per heavy atom. The smallest absolute Gasteiger partial charge is 0.291 e. The van der Waals surface area contributed by atoms with Gasteiger partial charge in [-0.2, -0.15) is 0 Å². The maximum absolute atomic E-state index is 13.5. The molecule has 0 saturated heterocycles. The largest absolute Gasteiger partial charge is 0.351 e. The van der Waals surface area contributed by atoms with E-state index in [9.17, 15) is 43.2 Å². The summed E-state index contributed by atoms with van der Waals surface area (Å²) in [5.41, 5.74) is 14.5. The van der Waals surface area contributed by atoms with E-state index in [4.69, 9.17) is 11.5 Å². The monoisotopic (exact) mass is 1190 g/mol. The second-order valence-electron chi connectivity index (χ2n) is 20.8. The summed E-state index contributed by atoms with van der Waals surface area (Å²) in [7, 11) is 13.0. The first-order valence-corrected chi connectivity index (χ1v) is 27.5. The van der Waals surface area contributed by atoms with Crippen LogP contribution in [0.1, 0.15) is 123 Å². The first-order chi connectivity index (χ1) is 41.5. The van der Waals surface area contributed by atoms with Crippen molar-refractivity contribution in [1.82, 2.24) is 62.1 Å². The van der Waals surface area contributed by atoms with Gasteiger partial charge in [-0.3, -0.25) is 43.2 Å². The maximum Gasteiger partial charge on any atom is 0.291 e. The Morgan fingerprint density at radius 2 is 0.770 bits per heavy atom. The highest BCUT2D eigenvalue weighted by molar-refractivity contribution is 6.10. The molecule has 0 aliphatic heterocycles. The van der Waals surface area contributed by atoms with Gasteiger partial charge in [-0.15, -0.1) is 0 Å². The first kappa shape index (κ1) is 62.2. The number of imidazole rings is 3. The van der Waals surface area contributed by atoms with Gasteiger partial charge in [0.2, 0.25) is 17.6 Å². The van der Waals surface area contributed by atoms with Gasteiger partial charge in [0.1, 0.15) is 28.5 Å². The molecule has 0 bridgehead atoms. The second-order valence-corrected chi connectivity index (χ2v) is 20.8. The van der Waals surface area contributed by atoms with Gasteiger partial charge in [0.15, 0.2) is 17.5 Å². The molecule has 458 valence electrons. The molecular weight excluding hydrogens is 1120 g/mol. The van der Waals surface area contributed by atoms with Gasteiger partial charge in [0.25, 0.3) is 47.3 Å². The molecule has 0 aromatic carbocycles. The number of aryl methyl sites for hydroxylation is 8. The summed E-state index contributed by atoms with van der Waals surface area (Å²) in [4.78, 5) is 131. The van der Waals surface area contributed by atoms with E-state index >= 15 is 0 Å². The number of rotatable bonds is 26. The average molecular weight is 1200 g/mol. The molecule has 31 nitrogen and oxygen atoms in total. The number of unbranched alkanes of at least 4 members (excludes halogenated alkanes) is 4. The number of amides is 9. The van der Waals surface area contributed by atoms with Crippen LogP contribution in [0.3, 0.4) is 0 Å². The summed E-state index contributed by atoms with van der Waals surface area (Å²) in [5, 5.41) is 24.6. The summed E-state index contributed by atoms with van der Waals surface area (Å²) in [5.74, 6) is -4.52. The third kappa shape index (κ3) is 15.3. The predicted octanol–water partition coefficient (Wildman–Crippen LogP) is 2.82. The van der Waals surface area contributed by atoms with Gasteiger partial charge in [0.05, 0.1) is 34.5 Å². The van der Waals surface area contributed by atoms with E-state index in [1.165, 1.54) is 71.9 Å². The molecule has 0 unspecified atom stereocenters. The Hall–Kier alpha value is -10.8. The SMILES string of the molecule is Cn1cc(NC(=O)c2cc(NC(=O)c3nc(NC(=O)c4cc(NC(=O)[C@H](N)CCNC(=O)c5nc(NC(=O)c6cc(NC(=O)c7cc(NC(=O)c8nccn8C)cn7C)cn6C)cn5C)cn4C)cn3C)cn2C)cc1C(=O)NCCCCCCCN. The van der Waals surface area contributed by atoms with Crippen LogP contribution in [0.5, 0.6) is 0 Å². The molecule has 8 aromatic rings. The molecule has 0 aliphatic rings. The van der Waals surface area contributed by atoms with Gasteiger partial charge >= 0.3 is 0 Å². The topological polar surface area (TPSA) is 392 Å². The van der Waals surface area contributed by atoms with Gasteiger partial charge in [0, 0.05) is 125 Å². The Bertz CT molecular complexity index is 3910. The van der Waals surface area contributed by atoms with E-state index < -0.39 is 53.3 Å².